The van der Waals surface area contributed by atoms with E-state index in [9.17, 15) is 12.8 Å². The Hall–Kier alpha value is -0.980. The third-order valence-corrected chi connectivity index (χ3v) is 5.41. The number of hydrogen-bond acceptors (Lipinski definition) is 3. The van der Waals surface area contributed by atoms with E-state index in [1.54, 1.807) is 13.8 Å². The number of benzene rings is 1. The summed E-state index contributed by atoms with van der Waals surface area (Å²) in [6.45, 7) is 8.86. The zero-order chi connectivity index (χ0) is 16.4. The summed E-state index contributed by atoms with van der Waals surface area (Å²) in [4.78, 5) is -0.0686. The minimum absolute atomic E-state index is 0.0686. The molecule has 0 saturated carbocycles. The van der Waals surface area contributed by atoms with Gasteiger partial charge in [-0.25, -0.2) is 12.8 Å². The summed E-state index contributed by atoms with van der Waals surface area (Å²) in [6, 6.07) is 2.29. The Balaban J connectivity index is 3.44. The largest absolute Gasteiger partial charge is 0.392 e. The molecule has 0 fully saturated rings. The van der Waals surface area contributed by atoms with Gasteiger partial charge >= 0.3 is 0 Å². The lowest BCUT2D eigenvalue weighted by molar-refractivity contribution is 0.280. The highest BCUT2D eigenvalue weighted by Gasteiger charge is 2.30. The maximum Gasteiger partial charge on any atom is 0.243 e. The summed E-state index contributed by atoms with van der Waals surface area (Å²) in [6.07, 6.45) is 0. The maximum absolute atomic E-state index is 13.9. The number of hydrogen-bond donors (Lipinski definition) is 1. The number of halogens is 1. The standard InChI is InChI=1S/C15H24FNO3S/c1-10(2)8-17(11(3)4)21(19,20)15-7-13(9-18)6-14(16)12(15)5/h6-7,10-11,18H,8-9H2,1-5H3. The van der Waals surface area contributed by atoms with Crippen LogP contribution in [0.1, 0.15) is 38.8 Å². The maximum atomic E-state index is 13.9. The second kappa shape index (κ2) is 6.85. The first-order valence-electron chi connectivity index (χ1n) is 7.03. The van der Waals surface area contributed by atoms with Crippen LogP contribution in [0.3, 0.4) is 0 Å². The number of aliphatic hydroxyl groups is 1. The molecule has 0 unspecified atom stereocenters. The van der Waals surface area contributed by atoms with Crippen molar-refractivity contribution in [1.29, 1.82) is 0 Å². The average Bonchev–Trinajstić information content (AvgIpc) is 2.38. The molecule has 0 bridgehead atoms. The molecule has 21 heavy (non-hydrogen) atoms. The van der Waals surface area contributed by atoms with E-state index >= 15 is 0 Å². The molecule has 6 heteroatoms. The van der Waals surface area contributed by atoms with E-state index in [-0.39, 0.29) is 28.0 Å². The Morgan fingerprint density at radius 3 is 2.24 bits per heavy atom. The van der Waals surface area contributed by atoms with Crippen LogP contribution in [0.4, 0.5) is 4.39 Å². The topological polar surface area (TPSA) is 57.6 Å². The predicted molar refractivity (Wildman–Crippen MR) is 80.9 cm³/mol. The molecule has 0 atom stereocenters. The van der Waals surface area contributed by atoms with Crippen molar-refractivity contribution in [2.75, 3.05) is 6.54 Å². The smallest absolute Gasteiger partial charge is 0.243 e. The summed E-state index contributed by atoms with van der Waals surface area (Å²) in [7, 11) is -3.80. The van der Waals surface area contributed by atoms with Gasteiger partial charge in [0, 0.05) is 18.2 Å². The molecular formula is C15H24FNO3S. The van der Waals surface area contributed by atoms with Crippen molar-refractivity contribution in [1.82, 2.24) is 4.31 Å². The highest BCUT2D eigenvalue weighted by Crippen LogP contribution is 2.26. The van der Waals surface area contributed by atoms with Gasteiger partial charge in [-0.1, -0.05) is 13.8 Å². The van der Waals surface area contributed by atoms with Crippen LogP contribution in [0.2, 0.25) is 0 Å². The highest BCUT2D eigenvalue weighted by molar-refractivity contribution is 7.89. The lowest BCUT2D eigenvalue weighted by Crippen LogP contribution is -2.39. The zero-order valence-corrected chi connectivity index (χ0v) is 14.0. The van der Waals surface area contributed by atoms with Crippen LogP contribution in [0.5, 0.6) is 0 Å². The molecule has 1 aromatic rings. The molecule has 0 radical (unpaired) electrons. The SMILES string of the molecule is Cc1c(F)cc(CO)cc1S(=O)(=O)N(CC(C)C)C(C)C. The van der Waals surface area contributed by atoms with Gasteiger partial charge in [0.25, 0.3) is 0 Å². The minimum atomic E-state index is -3.80. The molecule has 1 aromatic carbocycles. The van der Waals surface area contributed by atoms with Gasteiger partial charge in [0.15, 0.2) is 0 Å². The fourth-order valence-electron chi connectivity index (χ4n) is 2.14. The molecule has 0 amide bonds. The fraction of sp³-hybridized carbons (Fsp3) is 0.600. The third kappa shape index (κ3) is 4.02. The third-order valence-electron chi connectivity index (χ3n) is 3.25. The van der Waals surface area contributed by atoms with Crippen LogP contribution in [-0.4, -0.2) is 30.4 Å². The van der Waals surface area contributed by atoms with Gasteiger partial charge in [0.1, 0.15) is 5.82 Å². The molecule has 4 nitrogen and oxygen atoms in total. The van der Waals surface area contributed by atoms with Crippen LogP contribution in [-0.2, 0) is 16.6 Å². The van der Waals surface area contributed by atoms with Gasteiger partial charge in [-0.05, 0) is 44.4 Å². The fourth-order valence-corrected chi connectivity index (χ4v) is 4.23. The van der Waals surface area contributed by atoms with Crippen molar-refractivity contribution in [2.24, 2.45) is 5.92 Å². The van der Waals surface area contributed by atoms with Crippen LogP contribution < -0.4 is 0 Å². The summed E-state index contributed by atoms with van der Waals surface area (Å²) in [5.74, 6) is -0.457. The Morgan fingerprint density at radius 2 is 1.81 bits per heavy atom. The summed E-state index contributed by atoms with van der Waals surface area (Å²) in [5.41, 5.74) is 0.339. The van der Waals surface area contributed by atoms with E-state index in [0.29, 0.717) is 6.54 Å². The van der Waals surface area contributed by atoms with Gasteiger partial charge in [0.2, 0.25) is 10.0 Å². The van der Waals surface area contributed by atoms with Gasteiger partial charge in [-0.15, -0.1) is 0 Å². The van der Waals surface area contributed by atoms with Crippen LogP contribution in [0.15, 0.2) is 17.0 Å². The van der Waals surface area contributed by atoms with Crippen molar-refractivity contribution >= 4 is 10.0 Å². The lowest BCUT2D eigenvalue weighted by atomic mass is 10.1. The summed E-state index contributed by atoms with van der Waals surface area (Å²) in [5, 5.41) is 9.16. The first-order chi connectivity index (χ1) is 9.61. The molecule has 0 heterocycles. The van der Waals surface area contributed by atoms with Crippen LogP contribution in [0, 0.1) is 18.7 Å². The first kappa shape index (κ1) is 18.1. The zero-order valence-electron chi connectivity index (χ0n) is 13.2. The molecule has 0 aliphatic carbocycles. The molecule has 0 aliphatic rings. The van der Waals surface area contributed by atoms with E-state index in [1.165, 1.54) is 17.3 Å². The number of rotatable bonds is 6. The van der Waals surface area contributed by atoms with Crippen molar-refractivity contribution in [3.05, 3.63) is 29.1 Å². The molecule has 0 spiro atoms. The molecule has 120 valence electrons. The predicted octanol–water partition coefficient (Wildman–Crippen LogP) is 2.68. The van der Waals surface area contributed by atoms with Gasteiger partial charge in [0.05, 0.1) is 11.5 Å². The normalized spacial score (nSPS) is 12.7. The summed E-state index contributed by atoms with van der Waals surface area (Å²) >= 11 is 0. The van der Waals surface area contributed by atoms with Crippen molar-refractivity contribution < 1.29 is 17.9 Å². The van der Waals surface area contributed by atoms with Crippen LogP contribution in [0.25, 0.3) is 0 Å². The monoisotopic (exact) mass is 317 g/mol. The molecule has 0 saturated heterocycles. The first-order valence-corrected chi connectivity index (χ1v) is 8.47. The Kier molecular flexibility index (Phi) is 5.90. The minimum Gasteiger partial charge on any atom is -0.392 e. The van der Waals surface area contributed by atoms with Crippen LogP contribution >= 0.6 is 0 Å². The Bertz CT molecular complexity index is 597. The number of sulfonamides is 1. The molecule has 1 rings (SSSR count). The molecular weight excluding hydrogens is 293 g/mol. The van der Waals surface area contributed by atoms with Gasteiger partial charge in [-0.3, -0.25) is 0 Å². The van der Waals surface area contributed by atoms with E-state index < -0.39 is 22.4 Å². The molecule has 1 N–H and O–H groups in total. The van der Waals surface area contributed by atoms with E-state index in [4.69, 9.17) is 5.11 Å². The second-order valence-corrected chi connectivity index (χ2v) is 7.78. The molecule has 0 aliphatic heterocycles. The quantitative estimate of drug-likeness (QED) is 0.877. The average molecular weight is 317 g/mol. The van der Waals surface area contributed by atoms with E-state index in [0.717, 1.165) is 6.07 Å². The van der Waals surface area contributed by atoms with E-state index in [2.05, 4.69) is 0 Å². The Morgan fingerprint density at radius 1 is 1.24 bits per heavy atom. The van der Waals surface area contributed by atoms with Crippen molar-refractivity contribution in [3.8, 4) is 0 Å². The van der Waals surface area contributed by atoms with Crippen molar-refractivity contribution in [2.45, 2.75) is 52.2 Å². The number of aliphatic hydroxyl groups excluding tert-OH is 1. The van der Waals surface area contributed by atoms with Crippen molar-refractivity contribution in [3.63, 3.8) is 0 Å². The second-order valence-electron chi connectivity index (χ2n) is 5.92. The highest BCUT2D eigenvalue weighted by atomic mass is 32.2. The lowest BCUT2D eigenvalue weighted by Gasteiger charge is -2.28. The summed E-state index contributed by atoms with van der Waals surface area (Å²) < 4.78 is 40.9. The van der Waals surface area contributed by atoms with Gasteiger partial charge < -0.3 is 5.11 Å². The van der Waals surface area contributed by atoms with Gasteiger partial charge in [-0.2, -0.15) is 4.31 Å². The molecule has 0 aromatic heterocycles. The van der Waals surface area contributed by atoms with E-state index in [1.807, 2.05) is 13.8 Å². The number of nitrogens with zero attached hydrogens (tertiary/aromatic N) is 1. The Labute approximate surface area is 126 Å².